The van der Waals surface area contributed by atoms with E-state index in [1.807, 2.05) is 36.5 Å². The average Bonchev–Trinajstić information content (AvgIpc) is 3.01. The van der Waals surface area contributed by atoms with Gasteiger partial charge in [0.1, 0.15) is 0 Å². The van der Waals surface area contributed by atoms with Crippen molar-refractivity contribution in [3.63, 3.8) is 0 Å². The fourth-order valence-electron chi connectivity index (χ4n) is 2.63. The molecule has 23 heavy (non-hydrogen) atoms. The van der Waals surface area contributed by atoms with Gasteiger partial charge in [0.05, 0.1) is 11.6 Å². The van der Waals surface area contributed by atoms with Crippen LogP contribution in [0.15, 0.2) is 54.7 Å². The molecule has 0 aliphatic rings. The van der Waals surface area contributed by atoms with Gasteiger partial charge in [0.2, 0.25) is 5.91 Å². The average molecular weight is 303 g/mol. The largest absolute Gasteiger partial charge is 0.361 e. The lowest BCUT2D eigenvalue weighted by Gasteiger charge is -2.05. The number of benzene rings is 2. The van der Waals surface area contributed by atoms with Gasteiger partial charge < -0.3 is 10.3 Å². The molecule has 0 atom stereocenters. The maximum Gasteiger partial charge on any atom is 0.220 e. The van der Waals surface area contributed by atoms with Crippen molar-refractivity contribution in [3.05, 3.63) is 71.4 Å². The van der Waals surface area contributed by atoms with E-state index in [1.54, 1.807) is 12.1 Å². The van der Waals surface area contributed by atoms with E-state index in [2.05, 4.69) is 22.4 Å². The Kier molecular flexibility index (Phi) is 4.39. The normalized spacial score (nSPS) is 10.4. The topological polar surface area (TPSA) is 68.7 Å². The number of fused-ring (bicyclic) bond motifs is 1. The fourth-order valence-corrected chi connectivity index (χ4v) is 2.63. The highest BCUT2D eigenvalue weighted by Gasteiger charge is 2.06. The zero-order chi connectivity index (χ0) is 16.1. The monoisotopic (exact) mass is 303 g/mol. The SMILES string of the molecule is N#Cc1cccc(CNC(=O)CCc2c[nH]c3ccccc23)c1. The van der Waals surface area contributed by atoms with Crippen LogP contribution in [0.4, 0.5) is 0 Å². The summed E-state index contributed by atoms with van der Waals surface area (Å²) >= 11 is 0. The number of aryl methyl sites for hydroxylation is 1. The van der Waals surface area contributed by atoms with E-state index in [-0.39, 0.29) is 5.91 Å². The number of carbonyl (C=O) groups is 1. The summed E-state index contributed by atoms with van der Waals surface area (Å²) in [6.07, 6.45) is 3.11. The van der Waals surface area contributed by atoms with Gasteiger partial charge in [-0.1, -0.05) is 30.3 Å². The smallest absolute Gasteiger partial charge is 0.220 e. The number of hydrogen-bond acceptors (Lipinski definition) is 2. The summed E-state index contributed by atoms with van der Waals surface area (Å²) in [5.41, 5.74) is 3.79. The number of rotatable bonds is 5. The van der Waals surface area contributed by atoms with Gasteiger partial charge in [-0.25, -0.2) is 0 Å². The van der Waals surface area contributed by atoms with Crippen molar-refractivity contribution in [3.8, 4) is 6.07 Å². The Morgan fingerprint density at radius 3 is 2.91 bits per heavy atom. The standard InChI is InChI=1S/C19H17N3O/c20-11-14-4-3-5-15(10-14)12-22-19(23)9-8-16-13-21-18-7-2-1-6-17(16)18/h1-7,10,13,21H,8-9,12H2,(H,22,23). The van der Waals surface area contributed by atoms with E-state index in [9.17, 15) is 4.79 Å². The van der Waals surface area contributed by atoms with Crippen molar-refractivity contribution in [1.82, 2.24) is 10.3 Å². The van der Waals surface area contributed by atoms with Crippen molar-refractivity contribution in [2.75, 3.05) is 0 Å². The van der Waals surface area contributed by atoms with Crippen molar-refractivity contribution >= 4 is 16.8 Å². The molecule has 4 heteroatoms. The van der Waals surface area contributed by atoms with Crippen LogP contribution in [0.3, 0.4) is 0 Å². The van der Waals surface area contributed by atoms with E-state index in [1.165, 1.54) is 5.39 Å². The molecule has 3 rings (SSSR count). The second-order valence-corrected chi connectivity index (χ2v) is 5.45. The lowest BCUT2D eigenvalue weighted by Crippen LogP contribution is -2.23. The summed E-state index contributed by atoms with van der Waals surface area (Å²) in [4.78, 5) is 15.2. The molecule has 3 aromatic rings. The lowest BCUT2D eigenvalue weighted by atomic mass is 10.1. The predicted octanol–water partition coefficient (Wildman–Crippen LogP) is 3.29. The van der Waals surface area contributed by atoms with E-state index < -0.39 is 0 Å². The number of nitriles is 1. The van der Waals surface area contributed by atoms with Crippen LogP contribution in [0, 0.1) is 11.3 Å². The molecule has 0 aliphatic heterocycles. The summed E-state index contributed by atoms with van der Waals surface area (Å²) in [6.45, 7) is 0.447. The Morgan fingerprint density at radius 2 is 2.04 bits per heavy atom. The van der Waals surface area contributed by atoms with Crippen LogP contribution in [-0.2, 0) is 17.8 Å². The van der Waals surface area contributed by atoms with Gasteiger partial charge in [-0.3, -0.25) is 4.79 Å². The number of aromatic amines is 1. The molecular weight excluding hydrogens is 286 g/mol. The molecule has 1 heterocycles. The molecule has 0 unspecified atom stereocenters. The first kappa shape index (κ1) is 14.9. The zero-order valence-electron chi connectivity index (χ0n) is 12.7. The number of hydrogen-bond donors (Lipinski definition) is 2. The highest BCUT2D eigenvalue weighted by Crippen LogP contribution is 2.18. The third-order valence-corrected chi connectivity index (χ3v) is 3.84. The minimum absolute atomic E-state index is 0.0117. The van der Waals surface area contributed by atoms with Crippen LogP contribution >= 0.6 is 0 Å². The van der Waals surface area contributed by atoms with Crippen molar-refractivity contribution in [2.24, 2.45) is 0 Å². The first-order chi connectivity index (χ1) is 11.3. The van der Waals surface area contributed by atoms with Crippen molar-refractivity contribution in [1.29, 1.82) is 5.26 Å². The second-order valence-electron chi connectivity index (χ2n) is 5.45. The first-order valence-corrected chi connectivity index (χ1v) is 7.57. The Balaban J connectivity index is 1.54. The molecule has 114 valence electrons. The van der Waals surface area contributed by atoms with Crippen LogP contribution in [-0.4, -0.2) is 10.9 Å². The molecule has 2 N–H and O–H groups in total. The van der Waals surface area contributed by atoms with Crippen LogP contribution < -0.4 is 5.32 Å². The van der Waals surface area contributed by atoms with E-state index >= 15 is 0 Å². The Hall–Kier alpha value is -3.06. The minimum atomic E-state index is 0.0117. The lowest BCUT2D eigenvalue weighted by molar-refractivity contribution is -0.121. The predicted molar refractivity (Wildman–Crippen MR) is 89.6 cm³/mol. The van der Waals surface area contributed by atoms with E-state index in [0.29, 0.717) is 24.9 Å². The molecule has 0 aliphatic carbocycles. The number of amides is 1. The van der Waals surface area contributed by atoms with Gasteiger partial charge in [-0.2, -0.15) is 5.26 Å². The van der Waals surface area contributed by atoms with Crippen LogP contribution in [0.2, 0.25) is 0 Å². The second kappa shape index (κ2) is 6.80. The summed E-state index contributed by atoms with van der Waals surface area (Å²) in [6, 6.07) is 17.5. The molecule has 1 amide bonds. The number of H-pyrrole nitrogens is 1. The van der Waals surface area contributed by atoms with Gasteiger partial charge in [-0.15, -0.1) is 0 Å². The van der Waals surface area contributed by atoms with Crippen molar-refractivity contribution in [2.45, 2.75) is 19.4 Å². The molecule has 0 radical (unpaired) electrons. The molecule has 0 saturated heterocycles. The quantitative estimate of drug-likeness (QED) is 0.759. The van der Waals surface area contributed by atoms with Gasteiger partial charge in [0.15, 0.2) is 0 Å². The summed E-state index contributed by atoms with van der Waals surface area (Å²) < 4.78 is 0. The fraction of sp³-hybridized carbons (Fsp3) is 0.158. The molecule has 2 aromatic carbocycles. The van der Waals surface area contributed by atoms with Gasteiger partial charge in [0, 0.05) is 30.1 Å². The maximum atomic E-state index is 12.0. The molecule has 0 saturated carbocycles. The highest BCUT2D eigenvalue weighted by molar-refractivity contribution is 5.84. The third-order valence-electron chi connectivity index (χ3n) is 3.84. The number of para-hydroxylation sites is 1. The van der Waals surface area contributed by atoms with Gasteiger partial charge >= 0.3 is 0 Å². The maximum absolute atomic E-state index is 12.0. The third kappa shape index (κ3) is 3.58. The molecule has 4 nitrogen and oxygen atoms in total. The number of aromatic nitrogens is 1. The van der Waals surface area contributed by atoms with Gasteiger partial charge in [0.25, 0.3) is 0 Å². The van der Waals surface area contributed by atoms with Crippen LogP contribution in [0.25, 0.3) is 10.9 Å². The molecule has 0 spiro atoms. The number of carbonyl (C=O) groups excluding carboxylic acids is 1. The number of nitrogens with one attached hydrogen (secondary N) is 2. The summed E-state index contributed by atoms with van der Waals surface area (Å²) in [7, 11) is 0. The van der Waals surface area contributed by atoms with Gasteiger partial charge in [-0.05, 0) is 35.7 Å². The van der Waals surface area contributed by atoms with E-state index in [0.717, 1.165) is 16.6 Å². The Morgan fingerprint density at radius 1 is 1.17 bits per heavy atom. The number of nitrogens with zero attached hydrogens (tertiary/aromatic N) is 1. The molecular formula is C19H17N3O. The zero-order valence-corrected chi connectivity index (χ0v) is 12.7. The Labute approximate surface area is 134 Å². The first-order valence-electron chi connectivity index (χ1n) is 7.57. The highest BCUT2D eigenvalue weighted by atomic mass is 16.1. The van der Waals surface area contributed by atoms with Crippen LogP contribution in [0.1, 0.15) is 23.1 Å². The summed E-state index contributed by atoms with van der Waals surface area (Å²) in [5.74, 6) is 0.0117. The van der Waals surface area contributed by atoms with Crippen LogP contribution in [0.5, 0.6) is 0 Å². The molecule has 0 bridgehead atoms. The van der Waals surface area contributed by atoms with E-state index in [4.69, 9.17) is 5.26 Å². The minimum Gasteiger partial charge on any atom is -0.361 e. The summed E-state index contributed by atoms with van der Waals surface area (Å²) in [5, 5.41) is 12.9. The molecule has 1 aromatic heterocycles. The van der Waals surface area contributed by atoms with Crippen molar-refractivity contribution < 1.29 is 4.79 Å². The molecule has 0 fully saturated rings. The Bertz CT molecular complexity index is 873.